The van der Waals surface area contributed by atoms with Crippen LogP contribution < -0.4 is 15.4 Å². The highest BCUT2D eigenvalue weighted by Crippen LogP contribution is 2.27. The third-order valence-electron chi connectivity index (χ3n) is 4.21. The number of carbonyl (C=O) groups excluding carboxylic acids is 1. The predicted molar refractivity (Wildman–Crippen MR) is 103 cm³/mol. The fraction of sp³-hybridized carbons (Fsp3) is 0.389. The van der Waals surface area contributed by atoms with Crippen molar-refractivity contribution in [1.29, 1.82) is 0 Å². The van der Waals surface area contributed by atoms with Gasteiger partial charge in [-0.1, -0.05) is 17.7 Å². The molecule has 2 heterocycles. The van der Waals surface area contributed by atoms with Crippen LogP contribution in [0.15, 0.2) is 35.7 Å². The molecule has 2 amide bonds. The van der Waals surface area contributed by atoms with Gasteiger partial charge in [0, 0.05) is 29.7 Å². The van der Waals surface area contributed by atoms with E-state index < -0.39 is 0 Å². The van der Waals surface area contributed by atoms with Crippen molar-refractivity contribution in [1.82, 2.24) is 10.2 Å². The van der Waals surface area contributed by atoms with Gasteiger partial charge in [0.15, 0.2) is 0 Å². The van der Waals surface area contributed by atoms with E-state index in [4.69, 9.17) is 16.3 Å². The minimum absolute atomic E-state index is 0.155. The lowest BCUT2D eigenvalue weighted by atomic mass is 10.1. The molecule has 0 spiro atoms. The van der Waals surface area contributed by atoms with E-state index in [-0.39, 0.29) is 12.1 Å². The van der Waals surface area contributed by atoms with Gasteiger partial charge >= 0.3 is 6.03 Å². The van der Waals surface area contributed by atoms with Gasteiger partial charge in [0.1, 0.15) is 5.75 Å². The lowest BCUT2D eigenvalue weighted by Gasteiger charge is -2.32. The number of nitrogens with zero attached hydrogens (tertiary/aromatic N) is 1. The smallest absolute Gasteiger partial charge is 0.319 e. The third kappa shape index (κ3) is 5.11. The van der Waals surface area contributed by atoms with Crippen LogP contribution in [0.5, 0.6) is 5.75 Å². The van der Waals surface area contributed by atoms with Gasteiger partial charge in [0.25, 0.3) is 0 Å². The van der Waals surface area contributed by atoms with Crippen molar-refractivity contribution < 1.29 is 9.53 Å². The van der Waals surface area contributed by atoms with Crippen molar-refractivity contribution in [2.24, 2.45) is 0 Å². The molecule has 1 atom stereocenters. The monoisotopic (exact) mass is 379 g/mol. The summed E-state index contributed by atoms with van der Waals surface area (Å²) in [5, 5.41) is 8.47. The quantitative estimate of drug-likeness (QED) is 0.818. The van der Waals surface area contributed by atoms with Crippen LogP contribution >= 0.6 is 22.9 Å². The Kier molecular flexibility index (Phi) is 6.18. The largest absolute Gasteiger partial charge is 0.495 e. The molecule has 5 nitrogen and oxygen atoms in total. The number of hydrogen-bond acceptors (Lipinski definition) is 4. The minimum Gasteiger partial charge on any atom is -0.495 e. The second-order valence-electron chi connectivity index (χ2n) is 6.10. The van der Waals surface area contributed by atoms with Crippen molar-refractivity contribution in [3.05, 3.63) is 45.6 Å². The molecule has 2 aromatic rings. The highest BCUT2D eigenvalue weighted by atomic mass is 35.5. The lowest BCUT2D eigenvalue weighted by molar-refractivity contribution is 0.184. The molecule has 1 fully saturated rings. The fourth-order valence-corrected chi connectivity index (χ4v) is 4.04. The van der Waals surface area contributed by atoms with E-state index in [0.717, 1.165) is 32.5 Å². The second kappa shape index (κ2) is 8.56. The number of likely N-dealkylation sites (tertiary alicyclic amines) is 1. The van der Waals surface area contributed by atoms with Gasteiger partial charge in [-0.05, 0) is 49.0 Å². The number of rotatable bonds is 5. The number of anilines is 1. The van der Waals surface area contributed by atoms with Crippen molar-refractivity contribution in [3.63, 3.8) is 0 Å². The molecule has 1 saturated heterocycles. The van der Waals surface area contributed by atoms with Crippen molar-refractivity contribution in [3.8, 4) is 5.75 Å². The number of urea groups is 1. The molecule has 0 aliphatic carbocycles. The molecule has 0 saturated carbocycles. The number of thiophene rings is 1. The zero-order chi connectivity index (χ0) is 17.6. The van der Waals surface area contributed by atoms with Crippen LogP contribution in [0.4, 0.5) is 10.5 Å². The Bertz CT molecular complexity index is 708. The van der Waals surface area contributed by atoms with Crippen molar-refractivity contribution >= 4 is 34.7 Å². The zero-order valence-electron chi connectivity index (χ0n) is 14.1. The summed E-state index contributed by atoms with van der Waals surface area (Å²) in [6.07, 6.45) is 2.09. The maximum absolute atomic E-state index is 12.3. The van der Waals surface area contributed by atoms with E-state index in [1.54, 1.807) is 36.6 Å². The Labute approximate surface area is 156 Å². The Morgan fingerprint density at radius 2 is 2.32 bits per heavy atom. The molecule has 0 bridgehead atoms. The summed E-state index contributed by atoms with van der Waals surface area (Å²) in [5.41, 5.74) is 0.648. The summed E-state index contributed by atoms with van der Waals surface area (Å²) in [6, 6.07) is 9.38. The summed E-state index contributed by atoms with van der Waals surface area (Å²) in [6.45, 7) is 2.89. The van der Waals surface area contributed by atoms with Gasteiger partial charge in [-0.25, -0.2) is 4.79 Å². The summed E-state index contributed by atoms with van der Waals surface area (Å²) in [7, 11) is 1.56. The molecule has 1 aromatic carbocycles. The molecule has 134 valence electrons. The first-order valence-corrected chi connectivity index (χ1v) is 9.55. The Hall–Kier alpha value is -1.76. The van der Waals surface area contributed by atoms with E-state index >= 15 is 0 Å². The number of amides is 2. The van der Waals surface area contributed by atoms with Gasteiger partial charge in [0.05, 0.1) is 12.1 Å². The normalized spacial score (nSPS) is 17.9. The van der Waals surface area contributed by atoms with Gasteiger partial charge in [-0.15, -0.1) is 11.3 Å². The molecule has 1 aliphatic rings. The van der Waals surface area contributed by atoms with Gasteiger partial charge in [0.2, 0.25) is 0 Å². The molecule has 2 N–H and O–H groups in total. The predicted octanol–water partition coefficient (Wildman–Crippen LogP) is 4.20. The summed E-state index contributed by atoms with van der Waals surface area (Å²) in [5.74, 6) is 0.587. The summed E-state index contributed by atoms with van der Waals surface area (Å²) in [4.78, 5) is 16.0. The van der Waals surface area contributed by atoms with Crippen molar-refractivity contribution in [2.75, 3.05) is 25.5 Å². The first-order valence-electron chi connectivity index (χ1n) is 8.30. The SMILES string of the molecule is COc1ccc(NC(=O)NC2CCCN(Cc3cccs3)C2)cc1Cl. The van der Waals surface area contributed by atoms with Crippen molar-refractivity contribution in [2.45, 2.75) is 25.4 Å². The van der Waals surface area contributed by atoms with Crippen LogP contribution in [0.2, 0.25) is 5.02 Å². The van der Waals surface area contributed by atoms with Crippen LogP contribution in [0.25, 0.3) is 0 Å². The van der Waals surface area contributed by atoms with E-state index in [2.05, 4.69) is 33.0 Å². The number of piperidine rings is 1. The van der Waals surface area contributed by atoms with Crippen LogP contribution in [-0.2, 0) is 6.54 Å². The van der Waals surface area contributed by atoms with Crippen LogP contribution in [0, 0.1) is 0 Å². The van der Waals surface area contributed by atoms with E-state index in [1.165, 1.54) is 4.88 Å². The first-order chi connectivity index (χ1) is 12.1. The number of halogens is 1. The topological polar surface area (TPSA) is 53.6 Å². The highest BCUT2D eigenvalue weighted by molar-refractivity contribution is 7.09. The average molecular weight is 380 g/mol. The number of benzene rings is 1. The number of carbonyl (C=O) groups is 1. The molecule has 1 unspecified atom stereocenters. The van der Waals surface area contributed by atoms with Crippen LogP contribution in [0.3, 0.4) is 0 Å². The molecule has 1 aliphatic heterocycles. The van der Waals surface area contributed by atoms with Crippen LogP contribution in [0.1, 0.15) is 17.7 Å². The molecular formula is C18H22ClN3O2S. The van der Waals surface area contributed by atoms with E-state index in [1.807, 2.05) is 0 Å². The molecule has 7 heteroatoms. The van der Waals surface area contributed by atoms with Gasteiger partial charge in [-0.2, -0.15) is 0 Å². The second-order valence-corrected chi connectivity index (χ2v) is 7.54. The first kappa shape index (κ1) is 18.0. The summed E-state index contributed by atoms with van der Waals surface area (Å²) >= 11 is 7.86. The minimum atomic E-state index is -0.204. The maximum Gasteiger partial charge on any atom is 0.319 e. The maximum atomic E-state index is 12.3. The number of ether oxygens (including phenoxy) is 1. The molecule has 25 heavy (non-hydrogen) atoms. The van der Waals surface area contributed by atoms with Gasteiger partial charge < -0.3 is 15.4 Å². The van der Waals surface area contributed by atoms with Crippen LogP contribution in [-0.4, -0.2) is 37.2 Å². The molecule has 1 aromatic heterocycles. The fourth-order valence-electron chi connectivity index (χ4n) is 3.04. The number of hydrogen-bond donors (Lipinski definition) is 2. The Morgan fingerprint density at radius 3 is 3.04 bits per heavy atom. The Balaban J connectivity index is 1.51. The lowest BCUT2D eigenvalue weighted by Crippen LogP contribution is -2.48. The molecule has 0 radical (unpaired) electrons. The molecular weight excluding hydrogens is 358 g/mol. The number of methoxy groups -OCH3 is 1. The average Bonchev–Trinajstić information content (AvgIpc) is 3.08. The third-order valence-corrected chi connectivity index (χ3v) is 5.37. The van der Waals surface area contributed by atoms with E-state index in [9.17, 15) is 4.79 Å². The van der Waals surface area contributed by atoms with Gasteiger partial charge in [-0.3, -0.25) is 4.90 Å². The molecule has 3 rings (SSSR count). The van der Waals surface area contributed by atoms with E-state index in [0.29, 0.717) is 16.5 Å². The highest BCUT2D eigenvalue weighted by Gasteiger charge is 2.21. The number of nitrogens with one attached hydrogen (secondary N) is 2. The zero-order valence-corrected chi connectivity index (χ0v) is 15.7. The summed E-state index contributed by atoms with van der Waals surface area (Å²) < 4.78 is 5.12. The Morgan fingerprint density at radius 1 is 1.44 bits per heavy atom. The standard InChI is InChI=1S/C18H22ClN3O2S/c1-24-17-7-6-13(10-16(17)19)20-18(23)21-14-4-2-8-22(11-14)12-15-5-3-9-25-15/h3,5-7,9-10,14H,2,4,8,11-12H2,1H3,(H2,20,21,23).